The van der Waals surface area contributed by atoms with Crippen LogP contribution in [0.5, 0.6) is 0 Å². The molecule has 7 heteroatoms. The van der Waals surface area contributed by atoms with Crippen LogP contribution in [-0.2, 0) is 4.79 Å². The first-order valence-electron chi connectivity index (χ1n) is 9.90. The summed E-state index contributed by atoms with van der Waals surface area (Å²) in [5.41, 5.74) is 0.680. The van der Waals surface area contributed by atoms with E-state index in [9.17, 15) is 9.59 Å². The summed E-state index contributed by atoms with van der Waals surface area (Å²) >= 11 is 0. The normalized spacial score (nSPS) is 17.9. The Balaban J connectivity index is 1.46. The molecule has 2 aromatic carbocycles. The first-order chi connectivity index (χ1) is 14.0. The summed E-state index contributed by atoms with van der Waals surface area (Å²) in [5.74, 6) is 0.541. The molecule has 0 aliphatic carbocycles. The van der Waals surface area contributed by atoms with Crippen LogP contribution >= 0.6 is 0 Å². The van der Waals surface area contributed by atoms with Crippen LogP contribution in [0.1, 0.15) is 47.9 Å². The number of piperidine rings is 1. The quantitative estimate of drug-likeness (QED) is 0.736. The van der Waals surface area contributed by atoms with E-state index in [1.54, 1.807) is 11.8 Å². The molecule has 2 atom stereocenters. The molecule has 7 nitrogen and oxygen atoms in total. The summed E-state index contributed by atoms with van der Waals surface area (Å²) < 4.78 is 5.13. The maximum atomic E-state index is 13.2. The Labute approximate surface area is 169 Å². The Bertz CT molecular complexity index is 1040. The smallest absolute Gasteiger partial charge is 0.254 e. The number of carbonyl (C=O) groups excluding carboxylic acids is 2. The van der Waals surface area contributed by atoms with E-state index in [-0.39, 0.29) is 23.8 Å². The second kappa shape index (κ2) is 8.03. The number of aromatic nitrogens is 2. The highest BCUT2D eigenvalue weighted by molar-refractivity contribution is 6.07. The van der Waals surface area contributed by atoms with Crippen LogP contribution in [0.25, 0.3) is 10.8 Å². The molecule has 1 fully saturated rings. The third-order valence-electron chi connectivity index (χ3n) is 5.37. The van der Waals surface area contributed by atoms with Crippen molar-refractivity contribution in [3.8, 4) is 0 Å². The fraction of sp³-hybridized carbons (Fsp3) is 0.364. The monoisotopic (exact) mass is 392 g/mol. The van der Waals surface area contributed by atoms with Gasteiger partial charge in [0.15, 0.2) is 5.82 Å². The summed E-state index contributed by atoms with van der Waals surface area (Å²) in [6, 6.07) is 13.2. The molecular formula is C22H24N4O3. The van der Waals surface area contributed by atoms with Gasteiger partial charge in [-0.15, -0.1) is 0 Å². The molecule has 29 heavy (non-hydrogen) atoms. The van der Waals surface area contributed by atoms with Gasteiger partial charge in [-0.1, -0.05) is 41.6 Å². The SMILES string of the molecule is Cc1noc(C(C)NC(=O)C2CCCN(C(=O)c3cccc4ccccc34)C2)n1. The molecule has 4 rings (SSSR count). The molecule has 1 aromatic heterocycles. The molecular weight excluding hydrogens is 368 g/mol. The Morgan fingerprint density at radius 3 is 2.79 bits per heavy atom. The highest BCUT2D eigenvalue weighted by Gasteiger charge is 2.30. The second-order valence-electron chi connectivity index (χ2n) is 7.53. The van der Waals surface area contributed by atoms with Crippen molar-refractivity contribution in [3.05, 3.63) is 59.7 Å². The lowest BCUT2D eigenvalue weighted by Gasteiger charge is -2.32. The van der Waals surface area contributed by atoms with Crippen molar-refractivity contribution in [2.45, 2.75) is 32.7 Å². The van der Waals surface area contributed by atoms with Crippen molar-refractivity contribution in [3.63, 3.8) is 0 Å². The fourth-order valence-electron chi connectivity index (χ4n) is 3.84. The lowest BCUT2D eigenvalue weighted by molar-refractivity contribution is -0.127. The van der Waals surface area contributed by atoms with Gasteiger partial charge in [0.25, 0.3) is 5.91 Å². The van der Waals surface area contributed by atoms with Crippen molar-refractivity contribution < 1.29 is 14.1 Å². The van der Waals surface area contributed by atoms with Crippen LogP contribution in [0, 0.1) is 12.8 Å². The Morgan fingerprint density at radius 2 is 2.00 bits per heavy atom. The lowest BCUT2D eigenvalue weighted by Crippen LogP contribution is -2.46. The van der Waals surface area contributed by atoms with Gasteiger partial charge in [-0.2, -0.15) is 4.98 Å². The van der Waals surface area contributed by atoms with E-state index < -0.39 is 0 Å². The van der Waals surface area contributed by atoms with Crippen LogP contribution in [0.15, 0.2) is 47.0 Å². The zero-order chi connectivity index (χ0) is 20.4. The minimum absolute atomic E-state index is 0.0279. The number of aryl methyl sites for hydroxylation is 1. The molecule has 3 aromatic rings. The van der Waals surface area contributed by atoms with Crippen LogP contribution < -0.4 is 5.32 Å². The summed E-state index contributed by atoms with van der Waals surface area (Å²) in [5, 5.41) is 8.67. The minimum Gasteiger partial charge on any atom is -0.344 e. The van der Waals surface area contributed by atoms with Gasteiger partial charge in [-0.25, -0.2) is 0 Å². The number of hydrogen-bond donors (Lipinski definition) is 1. The van der Waals surface area contributed by atoms with E-state index in [1.807, 2.05) is 49.4 Å². The summed E-state index contributed by atoms with van der Waals surface area (Å²) in [7, 11) is 0. The highest BCUT2D eigenvalue weighted by Crippen LogP contribution is 2.24. The van der Waals surface area contributed by atoms with E-state index in [4.69, 9.17) is 4.52 Å². The van der Waals surface area contributed by atoms with Crippen molar-refractivity contribution in [2.24, 2.45) is 5.92 Å². The Kier molecular flexibility index (Phi) is 5.29. The maximum Gasteiger partial charge on any atom is 0.254 e. The van der Waals surface area contributed by atoms with Gasteiger partial charge in [0, 0.05) is 18.7 Å². The van der Waals surface area contributed by atoms with Gasteiger partial charge in [0.2, 0.25) is 11.8 Å². The molecule has 2 heterocycles. The molecule has 1 saturated heterocycles. The van der Waals surface area contributed by atoms with E-state index in [2.05, 4.69) is 15.5 Å². The number of amides is 2. The molecule has 1 aliphatic rings. The number of benzene rings is 2. The topological polar surface area (TPSA) is 88.3 Å². The van der Waals surface area contributed by atoms with Crippen LogP contribution in [0.2, 0.25) is 0 Å². The molecule has 1 N–H and O–H groups in total. The predicted molar refractivity (Wildman–Crippen MR) is 108 cm³/mol. The minimum atomic E-state index is -0.368. The number of fused-ring (bicyclic) bond motifs is 1. The average Bonchev–Trinajstić information content (AvgIpc) is 3.19. The van der Waals surface area contributed by atoms with Gasteiger partial charge in [-0.05, 0) is 43.5 Å². The molecule has 0 spiro atoms. The molecule has 2 unspecified atom stereocenters. The molecule has 150 valence electrons. The Morgan fingerprint density at radius 1 is 1.21 bits per heavy atom. The van der Waals surface area contributed by atoms with Gasteiger partial charge >= 0.3 is 0 Å². The van der Waals surface area contributed by atoms with E-state index >= 15 is 0 Å². The summed E-state index contributed by atoms with van der Waals surface area (Å²) in [4.78, 5) is 31.9. The third-order valence-corrected chi connectivity index (χ3v) is 5.37. The lowest BCUT2D eigenvalue weighted by atomic mass is 9.95. The number of carbonyl (C=O) groups is 2. The standard InChI is InChI=1S/C22H24N4O3/c1-14(21-24-15(2)25-29-21)23-20(27)17-9-6-12-26(13-17)22(28)19-11-5-8-16-7-3-4-10-18(16)19/h3-5,7-8,10-11,14,17H,6,9,12-13H2,1-2H3,(H,23,27). The van der Waals surface area contributed by atoms with Crippen molar-refractivity contribution in [1.82, 2.24) is 20.4 Å². The van der Waals surface area contributed by atoms with Crippen LogP contribution in [0.4, 0.5) is 0 Å². The van der Waals surface area contributed by atoms with Gasteiger partial charge < -0.3 is 14.7 Å². The zero-order valence-corrected chi connectivity index (χ0v) is 16.6. The highest BCUT2D eigenvalue weighted by atomic mass is 16.5. The fourth-order valence-corrected chi connectivity index (χ4v) is 3.84. The van der Waals surface area contributed by atoms with Gasteiger partial charge in [0.1, 0.15) is 6.04 Å². The zero-order valence-electron chi connectivity index (χ0n) is 16.6. The van der Waals surface area contributed by atoms with Gasteiger partial charge in [0.05, 0.1) is 5.92 Å². The maximum absolute atomic E-state index is 13.2. The van der Waals surface area contributed by atoms with E-state index in [1.165, 1.54) is 0 Å². The van der Waals surface area contributed by atoms with Crippen molar-refractivity contribution >= 4 is 22.6 Å². The number of hydrogen-bond acceptors (Lipinski definition) is 5. The third kappa shape index (κ3) is 3.99. The number of nitrogens with one attached hydrogen (secondary N) is 1. The predicted octanol–water partition coefficient (Wildman–Crippen LogP) is 3.26. The molecule has 0 bridgehead atoms. The number of nitrogens with zero attached hydrogens (tertiary/aromatic N) is 3. The first kappa shape index (κ1) is 19.1. The molecule has 0 saturated carbocycles. The van der Waals surface area contributed by atoms with E-state index in [0.717, 1.165) is 23.6 Å². The van der Waals surface area contributed by atoms with E-state index in [0.29, 0.717) is 30.4 Å². The van der Waals surface area contributed by atoms with Crippen molar-refractivity contribution in [2.75, 3.05) is 13.1 Å². The summed E-state index contributed by atoms with van der Waals surface area (Å²) in [6.07, 6.45) is 1.55. The summed E-state index contributed by atoms with van der Waals surface area (Å²) in [6.45, 7) is 4.61. The average molecular weight is 392 g/mol. The largest absolute Gasteiger partial charge is 0.344 e. The van der Waals surface area contributed by atoms with Crippen LogP contribution in [-0.4, -0.2) is 39.9 Å². The number of rotatable bonds is 4. The molecule has 2 amide bonds. The second-order valence-corrected chi connectivity index (χ2v) is 7.53. The molecule has 0 radical (unpaired) electrons. The molecule has 1 aliphatic heterocycles. The number of likely N-dealkylation sites (tertiary alicyclic amines) is 1. The Hall–Kier alpha value is -3.22. The van der Waals surface area contributed by atoms with Gasteiger partial charge in [-0.3, -0.25) is 9.59 Å². The van der Waals surface area contributed by atoms with Crippen LogP contribution in [0.3, 0.4) is 0 Å². The first-order valence-corrected chi connectivity index (χ1v) is 9.90. The van der Waals surface area contributed by atoms with Crippen molar-refractivity contribution in [1.29, 1.82) is 0 Å².